The Bertz CT molecular complexity index is 663. The van der Waals surface area contributed by atoms with Gasteiger partial charge in [0.1, 0.15) is 5.75 Å². The van der Waals surface area contributed by atoms with E-state index in [2.05, 4.69) is 35.5 Å². The van der Waals surface area contributed by atoms with Crippen LogP contribution in [0.4, 0.5) is 0 Å². The average molecular weight is 290 g/mol. The zero-order valence-corrected chi connectivity index (χ0v) is 13.2. The third kappa shape index (κ3) is 2.37. The maximum Gasteiger partial charge on any atom is 0.178 e. The molecule has 3 nitrogen and oxygen atoms in total. The number of ether oxygens (including phenoxy) is 1. The molecule has 2 unspecified atom stereocenters. The maximum atomic E-state index is 5.56. The van der Waals surface area contributed by atoms with Crippen molar-refractivity contribution in [3.05, 3.63) is 23.0 Å². The van der Waals surface area contributed by atoms with Gasteiger partial charge in [0.2, 0.25) is 0 Å². The van der Waals surface area contributed by atoms with Crippen molar-refractivity contribution in [3.8, 4) is 5.75 Å². The summed E-state index contributed by atoms with van der Waals surface area (Å²) in [5.74, 6) is 2.42. The quantitative estimate of drug-likeness (QED) is 0.812. The summed E-state index contributed by atoms with van der Waals surface area (Å²) < 4.78 is 8.49. The van der Waals surface area contributed by atoms with Crippen molar-refractivity contribution in [2.75, 3.05) is 7.11 Å². The summed E-state index contributed by atoms with van der Waals surface area (Å²) in [6.45, 7) is 4.70. The Kier molecular flexibility index (Phi) is 3.59. The highest BCUT2D eigenvalue weighted by Gasteiger charge is 2.26. The molecule has 1 aliphatic rings. The Morgan fingerprint density at radius 2 is 1.90 bits per heavy atom. The van der Waals surface area contributed by atoms with Gasteiger partial charge < -0.3 is 14.3 Å². The SMILES string of the molecule is COc1ccc2[nH]c(=S)n(C3CC(C)CC(C)C3)c2c1. The third-order valence-corrected chi connectivity index (χ3v) is 4.74. The standard InChI is InChI=1S/C16H22N2OS/c1-10-6-11(2)8-12(7-10)18-15-9-13(19-3)4-5-14(15)17-16(18)20/h4-5,9-12H,6-8H2,1-3H3,(H,17,20). The van der Waals surface area contributed by atoms with Gasteiger partial charge in [0.25, 0.3) is 0 Å². The Morgan fingerprint density at radius 1 is 1.20 bits per heavy atom. The van der Waals surface area contributed by atoms with Crippen molar-refractivity contribution >= 4 is 23.3 Å². The number of nitrogens with zero attached hydrogens (tertiary/aromatic N) is 1. The van der Waals surface area contributed by atoms with E-state index in [9.17, 15) is 0 Å². The van der Waals surface area contributed by atoms with E-state index in [0.29, 0.717) is 6.04 Å². The number of rotatable bonds is 2. The molecule has 0 aliphatic heterocycles. The Morgan fingerprint density at radius 3 is 2.55 bits per heavy atom. The van der Waals surface area contributed by atoms with Gasteiger partial charge >= 0.3 is 0 Å². The molecule has 1 aromatic carbocycles. The van der Waals surface area contributed by atoms with E-state index >= 15 is 0 Å². The Balaban J connectivity index is 2.10. The molecular formula is C16H22N2OS. The van der Waals surface area contributed by atoms with Crippen molar-refractivity contribution in [2.45, 2.75) is 39.2 Å². The van der Waals surface area contributed by atoms with E-state index in [1.165, 1.54) is 24.8 Å². The molecule has 2 aromatic rings. The Hall–Kier alpha value is -1.29. The second kappa shape index (κ2) is 5.24. The first-order valence-corrected chi connectivity index (χ1v) is 7.77. The number of benzene rings is 1. The topological polar surface area (TPSA) is 29.9 Å². The highest BCUT2D eigenvalue weighted by molar-refractivity contribution is 7.71. The summed E-state index contributed by atoms with van der Waals surface area (Å²) in [5.41, 5.74) is 2.27. The van der Waals surface area contributed by atoms with Crippen molar-refractivity contribution in [3.63, 3.8) is 0 Å². The first kappa shape index (κ1) is 13.7. The van der Waals surface area contributed by atoms with Crippen molar-refractivity contribution < 1.29 is 4.74 Å². The predicted octanol–water partition coefficient (Wildman–Crippen LogP) is 4.70. The molecule has 3 rings (SSSR count). The molecule has 0 radical (unpaired) electrons. The molecule has 1 fully saturated rings. The molecule has 1 aromatic heterocycles. The minimum atomic E-state index is 0.502. The molecule has 0 bridgehead atoms. The lowest BCUT2D eigenvalue weighted by atomic mass is 9.80. The molecule has 1 aliphatic carbocycles. The van der Waals surface area contributed by atoms with Crippen LogP contribution in [0.1, 0.15) is 39.2 Å². The van der Waals surface area contributed by atoms with Crippen LogP contribution >= 0.6 is 12.2 Å². The molecule has 1 saturated carbocycles. The van der Waals surface area contributed by atoms with Gasteiger partial charge in [-0.2, -0.15) is 0 Å². The minimum Gasteiger partial charge on any atom is -0.497 e. The van der Waals surface area contributed by atoms with E-state index < -0.39 is 0 Å². The molecule has 20 heavy (non-hydrogen) atoms. The van der Waals surface area contributed by atoms with Gasteiger partial charge in [0.05, 0.1) is 18.1 Å². The van der Waals surface area contributed by atoms with Crippen LogP contribution in [0.25, 0.3) is 11.0 Å². The van der Waals surface area contributed by atoms with Crippen LogP contribution in [0.15, 0.2) is 18.2 Å². The first-order chi connectivity index (χ1) is 9.58. The summed E-state index contributed by atoms with van der Waals surface area (Å²) in [5, 5.41) is 0. The van der Waals surface area contributed by atoms with Gasteiger partial charge in [-0.15, -0.1) is 0 Å². The van der Waals surface area contributed by atoms with Crippen molar-refractivity contribution in [1.29, 1.82) is 0 Å². The minimum absolute atomic E-state index is 0.502. The van der Waals surface area contributed by atoms with E-state index in [4.69, 9.17) is 17.0 Å². The number of hydrogen-bond donors (Lipinski definition) is 1. The highest BCUT2D eigenvalue weighted by atomic mass is 32.1. The summed E-state index contributed by atoms with van der Waals surface area (Å²) >= 11 is 5.56. The molecule has 1 N–H and O–H groups in total. The fourth-order valence-electron chi connectivity index (χ4n) is 3.71. The molecule has 0 spiro atoms. The predicted molar refractivity (Wildman–Crippen MR) is 84.9 cm³/mol. The van der Waals surface area contributed by atoms with E-state index in [0.717, 1.165) is 27.9 Å². The molecule has 0 amide bonds. The number of methoxy groups -OCH3 is 1. The lowest BCUT2D eigenvalue weighted by Crippen LogP contribution is -2.22. The van der Waals surface area contributed by atoms with E-state index in [1.807, 2.05) is 6.07 Å². The molecular weight excluding hydrogens is 268 g/mol. The number of H-pyrrole nitrogens is 1. The number of imidazole rings is 1. The molecule has 2 atom stereocenters. The monoisotopic (exact) mass is 290 g/mol. The Labute approximate surface area is 125 Å². The van der Waals surface area contributed by atoms with Gasteiger partial charge in [-0.3, -0.25) is 0 Å². The normalized spacial score (nSPS) is 26.9. The summed E-state index contributed by atoms with van der Waals surface area (Å²) in [6.07, 6.45) is 3.75. The average Bonchev–Trinajstić information content (AvgIpc) is 2.72. The number of fused-ring (bicyclic) bond motifs is 1. The van der Waals surface area contributed by atoms with Crippen LogP contribution in [-0.4, -0.2) is 16.7 Å². The van der Waals surface area contributed by atoms with Crippen molar-refractivity contribution in [1.82, 2.24) is 9.55 Å². The first-order valence-electron chi connectivity index (χ1n) is 7.36. The highest BCUT2D eigenvalue weighted by Crippen LogP contribution is 2.38. The fraction of sp³-hybridized carbons (Fsp3) is 0.562. The molecule has 0 saturated heterocycles. The second-order valence-electron chi connectivity index (χ2n) is 6.25. The van der Waals surface area contributed by atoms with Gasteiger partial charge in [0.15, 0.2) is 4.77 Å². The van der Waals surface area contributed by atoms with Crippen LogP contribution in [0.3, 0.4) is 0 Å². The summed E-state index contributed by atoms with van der Waals surface area (Å²) in [6, 6.07) is 6.62. The lowest BCUT2D eigenvalue weighted by molar-refractivity contribution is 0.223. The fourth-order valence-corrected chi connectivity index (χ4v) is 4.06. The van der Waals surface area contributed by atoms with Crippen LogP contribution < -0.4 is 4.74 Å². The van der Waals surface area contributed by atoms with E-state index in [1.54, 1.807) is 7.11 Å². The number of nitrogens with one attached hydrogen (secondary N) is 1. The van der Waals surface area contributed by atoms with Crippen molar-refractivity contribution in [2.24, 2.45) is 11.8 Å². The lowest BCUT2D eigenvalue weighted by Gasteiger charge is -2.32. The van der Waals surface area contributed by atoms with Crippen LogP contribution in [0.2, 0.25) is 0 Å². The number of aromatic nitrogens is 2. The zero-order valence-electron chi connectivity index (χ0n) is 12.3. The third-order valence-electron chi connectivity index (χ3n) is 4.44. The van der Waals surface area contributed by atoms with Gasteiger partial charge in [0, 0.05) is 12.1 Å². The van der Waals surface area contributed by atoms with Gasteiger partial charge in [-0.25, -0.2) is 0 Å². The smallest absolute Gasteiger partial charge is 0.178 e. The van der Waals surface area contributed by atoms with Gasteiger partial charge in [-0.1, -0.05) is 13.8 Å². The molecule has 108 valence electrons. The molecule has 4 heteroatoms. The van der Waals surface area contributed by atoms with Crippen LogP contribution in [0.5, 0.6) is 5.75 Å². The summed E-state index contributed by atoms with van der Waals surface area (Å²) in [7, 11) is 1.71. The van der Waals surface area contributed by atoms with Gasteiger partial charge in [-0.05, 0) is 55.4 Å². The maximum absolute atomic E-state index is 5.56. The zero-order chi connectivity index (χ0) is 14.3. The second-order valence-corrected chi connectivity index (χ2v) is 6.64. The van der Waals surface area contributed by atoms with E-state index in [-0.39, 0.29) is 0 Å². The number of aromatic amines is 1. The van der Waals surface area contributed by atoms with Crippen LogP contribution in [-0.2, 0) is 0 Å². The largest absolute Gasteiger partial charge is 0.497 e. The summed E-state index contributed by atoms with van der Waals surface area (Å²) in [4.78, 5) is 3.33. The number of hydrogen-bond acceptors (Lipinski definition) is 2. The molecule has 1 heterocycles. The van der Waals surface area contributed by atoms with Crippen LogP contribution in [0, 0.1) is 16.6 Å².